The Morgan fingerprint density at radius 1 is 1.42 bits per heavy atom. The number of fused-ring (bicyclic) bond motifs is 1. The summed E-state index contributed by atoms with van der Waals surface area (Å²) in [5.74, 6) is 5.59. The summed E-state index contributed by atoms with van der Waals surface area (Å²) in [6.07, 6.45) is 4.09. The number of rotatable bonds is 5. The number of hydrogen-bond acceptors (Lipinski definition) is 6. The molecular formula is C25H35N3O5. The van der Waals surface area contributed by atoms with Crippen LogP contribution in [-0.2, 0) is 4.79 Å². The molecule has 2 heterocycles. The van der Waals surface area contributed by atoms with Crippen LogP contribution in [0.1, 0.15) is 62.9 Å². The zero-order valence-electron chi connectivity index (χ0n) is 20.2. The minimum atomic E-state index is -1.18. The maximum atomic E-state index is 13.4. The molecule has 33 heavy (non-hydrogen) atoms. The van der Waals surface area contributed by atoms with Gasteiger partial charge >= 0.3 is 0 Å². The normalized spacial score (nSPS) is 22.0. The summed E-state index contributed by atoms with van der Waals surface area (Å²) < 4.78 is 6.22. The molecule has 2 N–H and O–H groups in total. The SMILES string of the molecule is C[C@H](CO)N1C[C@H](C)[C@@H](CN(C)C(=O)C2CCC2)Oc2ncc(C#CC(C)(C)O)cc2C1=O. The van der Waals surface area contributed by atoms with Gasteiger partial charge in [0.05, 0.1) is 19.2 Å². The number of carbonyl (C=O) groups is 2. The van der Waals surface area contributed by atoms with Gasteiger partial charge in [-0.15, -0.1) is 0 Å². The van der Waals surface area contributed by atoms with E-state index in [1.807, 2.05) is 6.92 Å². The van der Waals surface area contributed by atoms with Gasteiger partial charge in [0.1, 0.15) is 17.3 Å². The molecule has 1 aliphatic heterocycles. The number of aliphatic hydroxyl groups excluding tert-OH is 1. The van der Waals surface area contributed by atoms with Crippen LogP contribution in [0, 0.1) is 23.7 Å². The number of aliphatic hydroxyl groups is 2. The zero-order chi connectivity index (χ0) is 24.3. The first kappa shape index (κ1) is 25.0. The Hall–Kier alpha value is -2.63. The number of ether oxygens (including phenoxy) is 1. The van der Waals surface area contributed by atoms with E-state index >= 15 is 0 Å². The van der Waals surface area contributed by atoms with E-state index in [1.165, 1.54) is 6.20 Å². The van der Waals surface area contributed by atoms with Crippen LogP contribution < -0.4 is 4.74 Å². The summed E-state index contributed by atoms with van der Waals surface area (Å²) in [4.78, 5) is 33.8. The topological polar surface area (TPSA) is 103 Å². The smallest absolute Gasteiger partial charge is 0.259 e. The number of likely N-dealkylation sites (N-methyl/N-ethyl adjacent to an activating group) is 1. The lowest BCUT2D eigenvalue weighted by Crippen LogP contribution is -2.51. The fraction of sp³-hybridized carbons (Fsp3) is 0.640. The van der Waals surface area contributed by atoms with E-state index < -0.39 is 11.6 Å². The molecule has 2 amide bonds. The van der Waals surface area contributed by atoms with Crippen molar-refractivity contribution < 1.29 is 24.5 Å². The van der Waals surface area contributed by atoms with Crippen molar-refractivity contribution in [2.24, 2.45) is 11.8 Å². The van der Waals surface area contributed by atoms with E-state index in [0.717, 1.165) is 19.3 Å². The van der Waals surface area contributed by atoms with Crippen LogP contribution in [0.3, 0.4) is 0 Å². The molecule has 0 bridgehead atoms. The van der Waals surface area contributed by atoms with Gasteiger partial charge in [-0.3, -0.25) is 9.59 Å². The summed E-state index contributed by atoms with van der Waals surface area (Å²) in [7, 11) is 1.79. The maximum absolute atomic E-state index is 13.4. The maximum Gasteiger partial charge on any atom is 0.259 e. The number of amides is 2. The van der Waals surface area contributed by atoms with Crippen LogP contribution in [0.4, 0.5) is 0 Å². The number of hydrogen-bond donors (Lipinski definition) is 2. The van der Waals surface area contributed by atoms with Gasteiger partial charge in [-0.1, -0.05) is 25.2 Å². The molecule has 0 spiro atoms. The Kier molecular flexibility index (Phi) is 7.65. The highest BCUT2D eigenvalue weighted by atomic mass is 16.5. The Morgan fingerprint density at radius 2 is 2.12 bits per heavy atom. The molecule has 8 nitrogen and oxygen atoms in total. The third-order valence-corrected chi connectivity index (χ3v) is 6.32. The molecule has 0 saturated heterocycles. The van der Waals surface area contributed by atoms with E-state index in [0.29, 0.717) is 18.7 Å². The van der Waals surface area contributed by atoms with Crippen molar-refractivity contribution in [1.29, 1.82) is 0 Å². The molecule has 3 rings (SSSR count). The third-order valence-electron chi connectivity index (χ3n) is 6.32. The average Bonchev–Trinajstić information content (AvgIpc) is 2.72. The second-order valence-electron chi connectivity index (χ2n) is 9.86. The van der Waals surface area contributed by atoms with Crippen LogP contribution in [0.25, 0.3) is 0 Å². The molecular weight excluding hydrogens is 422 g/mol. The van der Waals surface area contributed by atoms with Crippen molar-refractivity contribution in [1.82, 2.24) is 14.8 Å². The molecule has 8 heteroatoms. The van der Waals surface area contributed by atoms with Gasteiger partial charge in [0.2, 0.25) is 11.8 Å². The Balaban J connectivity index is 1.94. The van der Waals surface area contributed by atoms with Crippen molar-refractivity contribution >= 4 is 11.8 Å². The fourth-order valence-electron chi connectivity index (χ4n) is 3.94. The Morgan fingerprint density at radius 3 is 2.70 bits per heavy atom. The Bertz CT molecular complexity index is 942. The third kappa shape index (κ3) is 6.04. The second-order valence-corrected chi connectivity index (χ2v) is 9.86. The van der Waals surface area contributed by atoms with E-state index in [1.54, 1.807) is 43.7 Å². The lowest BCUT2D eigenvalue weighted by atomic mass is 9.84. The van der Waals surface area contributed by atoms with Gasteiger partial charge in [-0.25, -0.2) is 4.98 Å². The molecule has 1 aromatic heterocycles. The van der Waals surface area contributed by atoms with Crippen molar-refractivity contribution in [3.05, 3.63) is 23.4 Å². The summed E-state index contributed by atoms with van der Waals surface area (Å²) >= 11 is 0. The lowest BCUT2D eigenvalue weighted by molar-refractivity contribution is -0.138. The highest BCUT2D eigenvalue weighted by Gasteiger charge is 2.36. The number of carbonyl (C=O) groups excluding carboxylic acids is 2. The van der Waals surface area contributed by atoms with Crippen LogP contribution >= 0.6 is 0 Å². The first-order valence-electron chi connectivity index (χ1n) is 11.6. The molecule has 3 atom stereocenters. The first-order chi connectivity index (χ1) is 15.5. The minimum Gasteiger partial charge on any atom is -0.472 e. The predicted molar refractivity (Wildman–Crippen MR) is 124 cm³/mol. The van der Waals surface area contributed by atoms with Crippen molar-refractivity contribution in [2.75, 3.05) is 26.7 Å². The van der Waals surface area contributed by atoms with E-state index in [2.05, 4.69) is 16.8 Å². The summed E-state index contributed by atoms with van der Waals surface area (Å²) in [6, 6.07) is 1.21. The summed E-state index contributed by atoms with van der Waals surface area (Å²) in [6.45, 7) is 7.50. The molecule has 1 aliphatic carbocycles. The van der Waals surface area contributed by atoms with Gasteiger partial charge in [-0.05, 0) is 39.7 Å². The Labute approximate surface area is 195 Å². The minimum absolute atomic E-state index is 0.0914. The van der Waals surface area contributed by atoms with Gasteiger partial charge in [-0.2, -0.15) is 0 Å². The van der Waals surface area contributed by atoms with Crippen molar-refractivity contribution in [3.8, 4) is 17.7 Å². The quantitative estimate of drug-likeness (QED) is 0.652. The van der Waals surface area contributed by atoms with E-state index in [4.69, 9.17) is 4.74 Å². The summed E-state index contributed by atoms with van der Waals surface area (Å²) in [5.41, 5.74) is -0.449. The van der Waals surface area contributed by atoms with E-state index in [-0.39, 0.29) is 47.8 Å². The van der Waals surface area contributed by atoms with Gasteiger partial charge in [0, 0.05) is 37.2 Å². The van der Waals surface area contributed by atoms with Gasteiger partial charge in [0.25, 0.3) is 5.91 Å². The van der Waals surface area contributed by atoms with E-state index in [9.17, 15) is 19.8 Å². The second kappa shape index (κ2) is 10.1. The zero-order valence-corrected chi connectivity index (χ0v) is 20.2. The van der Waals surface area contributed by atoms with Gasteiger partial charge < -0.3 is 24.7 Å². The molecule has 0 radical (unpaired) electrons. The molecule has 0 unspecified atom stereocenters. The van der Waals surface area contributed by atoms with Crippen LogP contribution in [0.2, 0.25) is 0 Å². The standard InChI is InChI=1S/C25H35N3O5/c1-16-13-28(17(2)15-29)24(31)20-11-18(9-10-25(3,4)32)12-26-22(20)33-21(16)14-27(5)23(30)19-7-6-8-19/h11-12,16-17,19,21,29,32H,6-8,13-15H2,1-5H3/t16-,17+,21+/m0/s1. The highest BCUT2D eigenvalue weighted by Crippen LogP contribution is 2.30. The van der Waals surface area contributed by atoms with Gasteiger partial charge in [0.15, 0.2) is 0 Å². The number of aromatic nitrogens is 1. The lowest BCUT2D eigenvalue weighted by Gasteiger charge is -2.38. The van der Waals surface area contributed by atoms with Crippen LogP contribution in [0.15, 0.2) is 12.3 Å². The number of nitrogens with zero attached hydrogens (tertiary/aromatic N) is 3. The molecule has 1 fully saturated rings. The first-order valence-corrected chi connectivity index (χ1v) is 11.6. The summed E-state index contributed by atoms with van der Waals surface area (Å²) in [5, 5.41) is 19.7. The number of pyridine rings is 1. The molecule has 180 valence electrons. The average molecular weight is 458 g/mol. The predicted octanol–water partition coefficient (Wildman–Crippen LogP) is 1.68. The van der Waals surface area contributed by atoms with Crippen LogP contribution in [-0.4, -0.2) is 81.3 Å². The largest absolute Gasteiger partial charge is 0.472 e. The van der Waals surface area contributed by atoms with Crippen molar-refractivity contribution in [2.45, 2.75) is 64.7 Å². The fourth-order valence-corrected chi connectivity index (χ4v) is 3.94. The molecule has 0 aromatic carbocycles. The monoisotopic (exact) mass is 457 g/mol. The van der Waals surface area contributed by atoms with Crippen molar-refractivity contribution in [3.63, 3.8) is 0 Å². The van der Waals surface area contributed by atoms with Crippen LogP contribution in [0.5, 0.6) is 5.88 Å². The molecule has 1 saturated carbocycles. The molecule has 1 aromatic rings. The molecule has 2 aliphatic rings. The highest BCUT2D eigenvalue weighted by molar-refractivity contribution is 5.97.